The third-order valence-corrected chi connectivity index (χ3v) is 7.40. The zero-order valence-corrected chi connectivity index (χ0v) is 23.6. The van der Waals surface area contributed by atoms with E-state index in [2.05, 4.69) is 32.0 Å². The molecule has 1 aliphatic rings. The molecule has 206 valence electrons. The molecule has 0 bridgehead atoms. The minimum Gasteiger partial charge on any atom is -0.356 e. The van der Waals surface area contributed by atoms with Crippen LogP contribution in [0.15, 0.2) is 66.7 Å². The molecule has 1 aliphatic heterocycles. The number of aryl methyl sites for hydroxylation is 3. The van der Waals surface area contributed by atoms with Gasteiger partial charge >= 0.3 is 0 Å². The average Bonchev–Trinajstić information content (AvgIpc) is 3.27. The van der Waals surface area contributed by atoms with Crippen LogP contribution in [0.2, 0.25) is 0 Å². The Kier molecular flexibility index (Phi) is 7.96. The Morgan fingerprint density at radius 1 is 0.825 bits per heavy atom. The predicted molar refractivity (Wildman–Crippen MR) is 159 cm³/mol. The van der Waals surface area contributed by atoms with Gasteiger partial charge in [0.25, 0.3) is 5.91 Å². The lowest BCUT2D eigenvalue weighted by atomic mass is 9.99. The molecular weight excluding hydrogens is 500 g/mol. The lowest BCUT2D eigenvalue weighted by molar-refractivity contribution is -0.115. The van der Waals surface area contributed by atoms with Crippen molar-refractivity contribution < 1.29 is 9.59 Å². The van der Waals surface area contributed by atoms with E-state index in [1.807, 2.05) is 63.2 Å². The van der Waals surface area contributed by atoms with Crippen LogP contribution < -0.4 is 15.5 Å². The van der Waals surface area contributed by atoms with Crippen LogP contribution in [0.5, 0.6) is 0 Å². The summed E-state index contributed by atoms with van der Waals surface area (Å²) < 4.78 is 2.07. The van der Waals surface area contributed by atoms with Gasteiger partial charge in [-0.1, -0.05) is 13.0 Å². The topological polar surface area (TPSA) is 92.2 Å². The van der Waals surface area contributed by atoms with Crippen molar-refractivity contribution in [3.8, 4) is 5.82 Å². The number of carbonyl (C=O) groups is 2. The largest absolute Gasteiger partial charge is 0.356 e. The van der Waals surface area contributed by atoms with Gasteiger partial charge in [0.1, 0.15) is 11.6 Å². The second-order valence-corrected chi connectivity index (χ2v) is 10.7. The number of amides is 2. The van der Waals surface area contributed by atoms with Crippen LogP contribution in [0.3, 0.4) is 0 Å². The first-order valence-corrected chi connectivity index (χ1v) is 13.8. The van der Waals surface area contributed by atoms with E-state index in [0.29, 0.717) is 28.6 Å². The Bertz CT molecular complexity index is 1500. The smallest absolute Gasteiger partial charge is 0.259 e. The summed E-state index contributed by atoms with van der Waals surface area (Å²) in [4.78, 5) is 37.6. The number of piperidine rings is 1. The van der Waals surface area contributed by atoms with Crippen LogP contribution >= 0.6 is 0 Å². The molecule has 0 spiro atoms. The molecule has 2 amide bonds. The van der Waals surface area contributed by atoms with E-state index in [1.54, 1.807) is 24.3 Å². The Labute approximate surface area is 235 Å². The maximum atomic E-state index is 13.2. The Balaban J connectivity index is 1.21. The molecule has 4 aromatic rings. The number of hydrogen-bond donors (Lipinski definition) is 2. The fraction of sp³-hybridized carbons (Fsp3) is 0.312. The van der Waals surface area contributed by atoms with Gasteiger partial charge < -0.3 is 20.1 Å². The molecule has 8 heteroatoms. The first kappa shape index (κ1) is 27.1. The molecule has 3 aromatic heterocycles. The quantitative estimate of drug-likeness (QED) is 0.309. The molecule has 0 aliphatic carbocycles. The van der Waals surface area contributed by atoms with Crippen LogP contribution in [-0.4, -0.2) is 39.4 Å². The van der Waals surface area contributed by atoms with Gasteiger partial charge in [0.2, 0.25) is 5.91 Å². The first-order valence-electron chi connectivity index (χ1n) is 13.8. The number of pyridine rings is 2. The number of rotatable bonds is 7. The van der Waals surface area contributed by atoms with Crippen LogP contribution in [0.4, 0.5) is 17.2 Å². The van der Waals surface area contributed by atoms with Crippen LogP contribution in [-0.2, 0) is 11.2 Å². The van der Waals surface area contributed by atoms with Crippen molar-refractivity contribution in [2.24, 2.45) is 5.92 Å². The highest BCUT2D eigenvalue weighted by molar-refractivity contribution is 6.07. The van der Waals surface area contributed by atoms with E-state index in [-0.39, 0.29) is 18.2 Å². The van der Waals surface area contributed by atoms with Crippen LogP contribution in [0.25, 0.3) is 5.82 Å². The van der Waals surface area contributed by atoms with Crippen molar-refractivity contribution in [3.63, 3.8) is 0 Å². The molecule has 1 fully saturated rings. The van der Waals surface area contributed by atoms with Crippen molar-refractivity contribution in [2.75, 3.05) is 28.6 Å². The van der Waals surface area contributed by atoms with E-state index in [0.717, 1.165) is 54.6 Å². The molecule has 8 nitrogen and oxygen atoms in total. The van der Waals surface area contributed by atoms with Crippen molar-refractivity contribution >= 4 is 29.0 Å². The third-order valence-electron chi connectivity index (χ3n) is 7.40. The summed E-state index contributed by atoms with van der Waals surface area (Å²) >= 11 is 0. The van der Waals surface area contributed by atoms with Crippen molar-refractivity contribution in [1.82, 2.24) is 14.5 Å². The number of benzene rings is 1. The summed E-state index contributed by atoms with van der Waals surface area (Å²) in [6, 6.07) is 20.7. The first-order chi connectivity index (χ1) is 19.3. The molecule has 0 atom stereocenters. The summed E-state index contributed by atoms with van der Waals surface area (Å²) in [6.07, 6.45) is 2.35. The number of nitrogens with one attached hydrogen (secondary N) is 2. The summed E-state index contributed by atoms with van der Waals surface area (Å²) in [6.45, 7) is 10.1. The number of hydrogen-bond acceptors (Lipinski definition) is 5. The SMILES string of the molecule is Cc1ccc(C(=O)Nc2ccc(NC(=O)Cc3cccc(-n4c(C)ccc4C)n3)cc2)c(N2CCC(C)CC2)n1. The van der Waals surface area contributed by atoms with E-state index in [1.165, 1.54) is 0 Å². The number of aromatic nitrogens is 3. The fourth-order valence-electron chi connectivity index (χ4n) is 5.11. The molecule has 0 radical (unpaired) electrons. The van der Waals surface area contributed by atoms with Crippen LogP contribution in [0, 0.1) is 26.7 Å². The van der Waals surface area contributed by atoms with E-state index in [4.69, 9.17) is 4.98 Å². The Hall–Kier alpha value is -4.46. The van der Waals surface area contributed by atoms with Crippen molar-refractivity contribution in [1.29, 1.82) is 0 Å². The fourth-order valence-corrected chi connectivity index (χ4v) is 5.11. The van der Waals surface area contributed by atoms with Crippen molar-refractivity contribution in [3.05, 3.63) is 95.1 Å². The summed E-state index contributed by atoms with van der Waals surface area (Å²) in [5.41, 5.74) is 5.63. The second kappa shape index (κ2) is 11.7. The zero-order chi connectivity index (χ0) is 28.2. The Morgan fingerprint density at radius 2 is 1.48 bits per heavy atom. The highest BCUT2D eigenvalue weighted by atomic mass is 16.2. The average molecular weight is 537 g/mol. The minimum absolute atomic E-state index is 0.157. The van der Waals surface area contributed by atoms with Gasteiger partial charge in [-0.25, -0.2) is 9.97 Å². The monoisotopic (exact) mass is 536 g/mol. The molecule has 5 rings (SSSR count). The van der Waals surface area contributed by atoms with E-state index >= 15 is 0 Å². The summed E-state index contributed by atoms with van der Waals surface area (Å²) in [5, 5.41) is 5.91. The molecule has 1 saturated heterocycles. The van der Waals surface area contributed by atoms with Crippen molar-refractivity contribution in [2.45, 2.75) is 47.0 Å². The standard InChI is InChI=1S/C32H36N6O2/c1-21-16-18-37(19-17-21)31-28(15-8-22(2)33-31)32(40)36-26-13-11-25(12-14-26)35-30(39)20-27-6-5-7-29(34-27)38-23(3)9-10-24(38)4/h5-15,21H,16-20H2,1-4H3,(H,35,39)(H,36,40). The van der Waals surface area contributed by atoms with Gasteiger partial charge in [-0.3, -0.25) is 9.59 Å². The van der Waals surface area contributed by atoms with Crippen LogP contribution in [0.1, 0.15) is 52.9 Å². The van der Waals surface area contributed by atoms with Gasteiger partial charge in [0, 0.05) is 41.5 Å². The lowest BCUT2D eigenvalue weighted by Gasteiger charge is -2.32. The normalized spacial score (nSPS) is 13.8. The molecule has 40 heavy (non-hydrogen) atoms. The van der Waals surface area contributed by atoms with E-state index in [9.17, 15) is 9.59 Å². The molecule has 0 saturated carbocycles. The van der Waals surface area contributed by atoms with Gasteiger partial charge in [-0.15, -0.1) is 0 Å². The summed E-state index contributed by atoms with van der Waals surface area (Å²) in [7, 11) is 0. The lowest BCUT2D eigenvalue weighted by Crippen LogP contribution is -2.35. The third kappa shape index (κ3) is 6.22. The number of anilines is 3. The molecule has 1 aromatic carbocycles. The second-order valence-electron chi connectivity index (χ2n) is 10.7. The molecular formula is C32H36N6O2. The number of carbonyl (C=O) groups excluding carboxylic acids is 2. The number of nitrogens with zero attached hydrogens (tertiary/aromatic N) is 4. The molecule has 0 unspecified atom stereocenters. The van der Waals surface area contributed by atoms with Gasteiger partial charge in [0.15, 0.2) is 0 Å². The summed E-state index contributed by atoms with van der Waals surface area (Å²) in [5.74, 6) is 1.88. The van der Waals surface area contributed by atoms with Gasteiger partial charge in [0.05, 0.1) is 17.7 Å². The predicted octanol–water partition coefficient (Wildman–Crippen LogP) is 5.86. The van der Waals surface area contributed by atoms with E-state index < -0.39 is 0 Å². The molecule has 2 N–H and O–H groups in total. The maximum absolute atomic E-state index is 13.2. The Morgan fingerprint density at radius 3 is 2.15 bits per heavy atom. The highest BCUT2D eigenvalue weighted by Gasteiger charge is 2.22. The van der Waals surface area contributed by atoms with Gasteiger partial charge in [-0.2, -0.15) is 0 Å². The zero-order valence-electron chi connectivity index (χ0n) is 23.6. The highest BCUT2D eigenvalue weighted by Crippen LogP contribution is 2.26. The molecule has 4 heterocycles. The maximum Gasteiger partial charge on any atom is 0.259 e. The van der Waals surface area contributed by atoms with Gasteiger partial charge in [-0.05, 0) is 100 Å². The minimum atomic E-state index is -0.197.